The van der Waals surface area contributed by atoms with Gasteiger partial charge in [-0.05, 0) is 50.4 Å². The number of aliphatic imine (C=N–C) groups is 1. The Bertz CT molecular complexity index is 767. The number of carboxylic acids is 1. The van der Waals surface area contributed by atoms with E-state index in [2.05, 4.69) is 15.6 Å². The number of amides is 3. The Morgan fingerprint density at radius 1 is 1.03 bits per heavy atom. The topological polar surface area (TPSA) is 206 Å². The Labute approximate surface area is 207 Å². The summed E-state index contributed by atoms with van der Waals surface area (Å²) in [6, 6.07) is -3.52. The zero-order valence-electron chi connectivity index (χ0n) is 21.3. The zero-order valence-corrected chi connectivity index (χ0v) is 21.3. The molecule has 0 aromatic heterocycles. The normalized spacial score (nSPS) is 18.1. The van der Waals surface area contributed by atoms with E-state index in [1.807, 2.05) is 27.7 Å². The maximum Gasteiger partial charge on any atom is 0.326 e. The van der Waals surface area contributed by atoms with E-state index in [1.165, 1.54) is 4.90 Å². The fraction of sp³-hybridized carbons (Fsp3) is 0.783. The van der Waals surface area contributed by atoms with Crippen LogP contribution >= 0.6 is 0 Å². The molecular weight excluding hydrogens is 454 g/mol. The average molecular weight is 498 g/mol. The molecule has 35 heavy (non-hydrogen) atoms. The average Bonchev–Trinajstić information content (AvgIpc) is 3.23. The quantitative estimate of drug-likeness (QED) is 0.104. The van der Waals surface area contributed by atoms with Crippen molar-refractivity contribution in [3.05, 3.63) is 0 Å². The number of guanidine groups is 1. The molecule has 4 atom stereocenters. The summed E-state index contributed by atoms with van der Waals surface area (Å²) in [5.74, 6) is -2.28. The van der Waals surface area contributed by atoms with E-state index in [0.29, 0.717) is 32.2 Å². The molecule has 0 aromatic rings. The first-order valence-corrected chi connectivity index (χ1v) is 12.3. The van der Waals surface area contributed by atoms with Gasteiger partial charge in [-0.2, -0.15) is 0 Å². The van der Waals surface area contributed by atoms with Gasteiger partial charge in [-0.15, -0.1) is 0 Å². The Balaban J connectivity index is 2.98. The molecule has 3 amide bonds. The predicted molar refractivity (Wildman–Crippen MR) is 133 cm³/mol. The molecular formula is C23H43N7O5. The Morgan fingerprint density at radius 3 is 2.20 bits per heavy atom. The van der Waals surface area contributed by atoms with Crippen LogP contribution in [-0.4, -0.2) is 76.9 Å². The van der Waals surface area contributed by atoms with Crippen LogP contribution in [0.5, 0.6) is 0 Å². The van der Waals surface area contributed by atoms with E-state index in [9.17, 15) is 24.3 Å². The first-order chi connectivity index (χ1) is 16.3. The standard InChI is InChI=1S/C23H43N7O5/c1-13(2)11-15(24)19(31)28-16(7-5-9-27-23(25)26)21(33)30-10-6-8-18(30)20(32)29-17(22(34)35)12-14(3)4/h13-18H,5-12,24H2,1-4H3,(H,28,31)(H,29,32)(H,34,35)(H4,25,26,27). The predicted octanol–water partition coefficient (Wildman–Crippen LogP) is -0.495. The second-order valence-corrected chi connectivity index (χ2v) is 9.96. The highest BCUT2D eigenvalue weighted by Crippen LogP contribution is 2.20. The van der Waals surface area contributed by atoms with Gasteiger partial charge in [0.15, 0.2) is 5.96 Å². The first-order valence-electron chi connectivity index (χ1n) is 12.3. The largest absolute Gasteiger partial charge is 0.480 e. The summed E-state index contributed by atoms with van der Waals surface area (Å²) in [6.45, 7) is 8.24. The van der Waals surface area contributed by atoms with Crippen LogP contribution in [0, 0.1) is 11.8 Å². The molecule has 1 heterocycles. The van der Waals surface area contributed by atoms with Crippen LogP contribution in [0.25, 0.3) is 0 Å². The van der Waals surface area contributed by atoms with Gasteiger partial charge < -0.3 is 37.8 Å². The molecule has 0 aliphatic carbocycles. The SMILES string of the molecule is CC(C)CC(N)C(=O)NC(CCCN=C(N)N)C(=O)N1CCCC1C(=O)NC(CC(C)C)C(=O)O. The van der Waals surface area contributed by atoms with Gasteiger partial charge in [0.1, 0.15) is 18.1 Å². The molecule has 4 unspecified atom stereocenters. The number of hydrogen-bond donors (Lipinski definition) is 6. The highest BCUT2D eigenvalue weighted by atomic mass is 16.4. The molecule has 12 nitrogen and oxygen atoms in total. The molecule has 1 aliphatic rings. The summed E-state index contributed by atoms with van der Waals surface area (Å²) >= 11 is 0. The fourth-order valence-electron chi connectivity index (χ4n) is 4.12. The van der Waals surface area contributed by atoms with E-state index in [0.717, 1.165) is 0 Å². The fourth-order valence-corrected chi connectivity index (χ4v) is 4.12. The van der Waals surface area contributed by atoms with Crippen LogP contribution in [0.3, 0.4) is 0 Å². The number of carbonyl (C=O) groups excluding carboxylic acids is 3. The van der Waals surface area contributed by atoms with Gasteiger partial charge in [-0.25, -0.2) is 4.79 Å². The number of rotatable bonds is 14. The van der Waals surface area contributed by atoms with Gasteiger partial charge in [-0.1, -0.05) is 27.7 Å². The molecule has 12 heteroatoms. The lowest BCUT2D eigenvalue weighted by Crippen LogP contribution is -2.57. The van der Waals surface area contributed by atoms with Crippen molar-refractivity contribution in [1.82, 2.24) is 15.5 Å². The Kier molecular flexibility index (Phi) is 12.5. The summed E-state index contributed by atoms with van der Waals surface area (Å²) in [4.78, 5) is 56.0. The number of aliphatic carboxylic acids is 1. The molecule has 0 aromatic carbocycles. The summed E-state index contributed by atoms with van der Waals surface area (Å²) in [5.41, 5.74) is 16.7. The zero-order chi connectivity index (χ0) is 26.7. The second kappa shape index (κ2) is 14.5. The molecule has 0 bridgehead atoms. The van der Waals surface area contributed by atoms with Crippen molar-refractivity contribution in [1.29, 1.82) is 0 Å². The van der Waals surface area contributed by atoms with Crippen molar-refractivity contribution in [3.8, 4) is 0 Å². The summed E-state index contributed by atoms with van der Waals surface area (Å²) in [7, 11) is 0. The molecule has 1 saturated heterocycles. The number of carbonyl (C=O) groups is 4. The van der Waals surface area contributed by atoms with E-state index < -0.39 is 47.9 Å². The molecule has 200 valence electrons. The minimum Gasteiger partial charge on any atom is -0.480 e. The Hall–Kier alpha value is -2.89. The van der Waals surface area contributed by atoms with Crippen LogP contribution in [0.4, 0.5) is 0 Å². The lowest BCUT2D eigenvalue weighted by atomic mass is 10.0. The number of hydrogen-bond acceptors (Lipinski definition) is 6. The molecule has 1 rings (SSSR count). The number of carboxylic acid groups (broad SMARTS) is 1. The smallest absolute Gasteiger partial charge is 0.326 e. The lowest BCUT2D eigenvalue weighted by molar-refractivity contribution is -0.145. The first kappa shape index (κ1) is 30.1. The van der Waals surface area contributed by atoms with Gasteiger partial charge >= 0.3 is 5.97 Å². The number of likely N-dealkylation sites (tertiary alicyclic amines) is 1. The van der Waals surface area contributed by atoms with Crippen molar-refractivity contribution in [3.63, 3.8) is 0 Å². The van der Waals surface area contributed by atoms with Crippen LogP contribution < -0.4 is 27.8 Å². The van der Waals surface area contributed by atoms with Gasteiger partial charge in [0.05, 0.1) is 6.04 Å². The van der Waals surface area contributed by atoms with E-state index in [1.54, 1.807) is 0 Å². The summed E-state index contributed by atoms with van der Waals surface area (Å²) in [5, 5.41) is 14.8. The molecule has 0 spiro atoms. The van der Waals surface area contributed by atoms with Gasteiger partial charge in [-0.3, -0.25) is 19.4 Å². The third-order valence-electron chi connectivity index (χ3n) is 5.78. The van der Waals surface area contributed by atoms with Crippen molar-refractivity contribution in [2.75, 3.05) is 13.1 Å². The van der Waals surface area contributed by atoms with Crippen molar-refractivity contribution >= 4 is 29.7 Å². The number of nitrogens with one attached hydrogen (secondary N) is 2. The Morgan fingerprint density at radius 2 is 1.66 bits per heavy atom. The lowest BCUT2D eigenvalue weighted by Gasteiger charge is -2.30. The van der Waals surface area contributed by atoms with Gasteiger partial charge in [0.25, 0.3) is 0 Å². The van der Waals surface area contributed by atoms with Gasteiger partial charge in [0.2, 0.25) is 17.7 Å². The monoisotopic (exact) mass is 497 g/mol. The summed E-state index contributed by atoms with van der Waals surface area (Å²) < 4.78 is 0. The van der Waals surface area contributed by atoms with Crippen molar-refractivity contribution < 1.29 is 24.3 Å². The van der Waals surface area contributed by atoms with Crippen LogP contribution in [0.2, 0.25) is 0 Å². The van der Waals surface area contributed by atoms with E-state index >= 15 is 0 Å². The van der Waals surface area contributed by atoms with Crippen LogP contribution in [-0.2, 0) is 19.2 Å². The van der Waals surface area contributed by atoms with E-state index in [4.69, 9.17) is 17.2 Å². The number of nitrogens with two attached hydrogens (primary N) is 3. The third kappa shape index (κ3) is 10.5. The molecule has 0 radical (unpaired) electrons. The maximum atomic E-state index is 13.5. The van der Waals surface area contributed by atoms with Crippen molar-refractivity contribution in [2.24, 2.45) is 34.0 Å². The molecule has 1 aliphatic heterocycles. The maximum absolute atomic E-state index is 13.5. The third-order valence-corrected chi connectivity index (χ3v) is 5.78. The highest BCUT2D eigenvalue weighted by molar-refractivity contribution is 5.94. The van der Waals surface area contributed by atoms with Gasteiger partial charge in [0, 0.05) is 13.1 Å². The minimum absolute atomic E-state index is 0.0672. The summed E-state index contributed by atoms with van der Waals surface area (Å²) in [6.07, 6.45) is 2.42. The highest BCUT2D eigenvalue weighted by Gasteiger charge is 2.39. The van der Waals surface area contributed by atoms with E-state index in [-0.39, 0.29) is 37.2 Å². The van der Waals surface area contributed by atoms with Crippen LogP contribution in [0.15, 0.2) is 4.99 Å². The molecule has 9 N–H and O–H groups in total. The minimum atomic E-state index is -1.12. The van der Waals surface area contributed by atoms with Crippen LogP contribution in [0.1, 0.15) is 66.2 Å². The second-order valence-electron chi connectivity index (χ2n) is 9.96. The molecule has 0 saturated carbocycles. The number of nitrogens with zero attached hydrogens (tertiary/aromatic N) is 2. The molecule has 1 fully saturated rings. The van der Waals surface area contributed by atoms with Crippen molar-refractivity contribution in [2.45, 2.75) is 90.4 Å².